The minimum Gasteiger partial charge on any atom is -0.381 e. The lowest BCUT2D eigenvalue weighted by molar-refractivity contribution is 0.0564. The van der Waals surface area contributed by atoms with Gasteiger partial charge in [0, 0.05) is 25.6 Å². The van der Waals surface area contributed by atoms with Crippen molar-refractivity contribution in [2.45, 2.75) is 23.8 Å². The number of pyridine rings is 1. The van der Waals surface area contributed by atoms with E-state index >= 15 is 0 Å². The fraction of sp³-hybridized carbons (Fsp3) is 0.261. The summed E-state index contributed by atoms with van der Waals surface area (Å²) < 4.78 is 47.8. The van der Waals surface area contributed by atoms with E-state index in [2.05, 4.69) is 9.71 Å². The summed E-state index contributed by atoms with van der Waals surface area (Å²) in [6.45, 7) is 1.24. The Balaban J connectivity index is 1.58. The number of ether oxygens (including phenoxy) is 1. The van der Waals surface area contributed by atoms with Crippen LogP contribution in [0.15, 0.2) is 78.0 Å². The summed E-state index contributed by atoms with van der Waals surface area (Å²) in [5.41, 5.74) is 2.49. The molecule has 2 aromatic carbocycles. The van der Waals surface area contributed by atoms with Gasteiger partial charge in [-0.3, -0.25) is 4.98 Å². The molecule has 1 saturated heterocycles. The lowest BCUT2D eigenvalue weighted by atomic mass is 9.88. The molecule has 0 aliphatic carbocycles. The molecule has 1 fully saturated rings. The highest BCUT2D eigenvalue weighted by molar-refractivity contribution is 7.89. The van der Waals surface area contributed by atoms with Gasteiger partial charge in [0.05, 0.1) is 10.9 Å². The van der Waals surface area contributed by atoms with Gasteiger partial charge in [-0.05, 0) is 65.8 Å². The molecular weight excluding hydrogens is 403 g/mol. The van der Waals surface area contributed by atoms with Crippen LogP contribution in [-0.4, -0.2) is 26.6 Å². The molecule has 1 aliphatic rings. The highest BCUT2D eigenvalue weighted by Gasteiger charge is 2.30. The Morgan fingerprint density at radius 1 is 0.967 bits per heavy atom. The van der Waals surface area contributed by atoms with E-state index in [4.69, 9.17) is 4.74 Å². The second kappa shape index (κ2) is 9.04. The zero-order valence-corrected chi connectivity index (χ0v) is 17.2. The van der Waals surface area contributed by atoms with E-state index in [1.54, 1.807) is 48.8 Å². The number of hydrogen-bond donors (Lipinski definition) is 1. The van der Waals surface area contributed by atoms with Crippen molar-refractivity contribution in [1.29, 1.82) is 0 Å². The monoisotopic (exact) mass is 426 g/mol. The number of nitrogens with one attached hydrogen (secondary N) is 1. The molecule has 3 aromatic rings. The third-order valence-electron chi connectivity index (χ3n) is 5.41. The van der Waals surface area contributed by atoms with Crippen molar-refractivity contribution < 1.29 is 17.5 Å². The van der Waals surface area contributed by atoms with Crippen molar-refractivity contribution in [3.05, 3.63) is 84.4 Å². The first-order valence-electron chi connectivity index (χ1n) is 9.89. The molecule has 156 valence electrons. The molecule has 4 rings (SSSR count). The van der Waals surface area contributed by atoms with Crippen molar-refractivity contribution in [1.82, 2.24) is 9.71 Å². The maximum Gasteiger partial charge on any atom is 0.241 e. The van der Waals surface area contributed by atoms with Crippen LogP contribution in [0.4, 0.5) is 4.39 Å². The number of aromatic nitrogens is 1. The van der Waals surface area contributed by atoms with Crippen LogP contribution in [-0.2, 0) is 14.8 Å². The van der Waals surface area contributed by atoms with E-state index in [1.165, 1.54) is 12.1 Å². The van der Waals surface area contributed by atoms with E-state index < -0.39 is 10.0 Å². The van der Waals surface area contributed by atoms with Crippen LogP contribution >= 0.6 is 0 Å². The van der Waals surface area contributed by atoms with Gasteiger partial charge >= 0.3 is 0 Å². The van der Waals surface area contributed by atoms with Crippen LogP contribution in [0.3, 0.4) is 0 Å². The van der Waals surface area contributed by atoms with Gasteiger partial charge in [0.2, 0.25) is 10.0 Å². The third kappa shape index (κ3) is 4.75. The Labute approximate surface area is 176 Å². The second-order valence-electron chi connectivity index (χ2n) is 7.37. The van der Waals surface area contributed by atoms with Crippen LogP contribution in [0, 0.1) is 11.7 Å². The average molecular weight is 427 g/mol. The predicted octanol–water partition coefficient (Wildman–Crippen LogP) is 4.33. The van der Waals surface area contributed by atoms with Gasteiger partial charge in [-0.25, -0.2) is 17.5 Å². The highest BCUT2D eigenvalue weighted by atomic mass is 32.2. The fourth-order valence-electron chi connectivity index (χ4n) is 3.75. The Morgan fingerprint density at radius 3 is 2.20 bits per heavy atom. The van der Waals surface area contributed by atoms with Gasteiger partial charge in [0.1, 0.15) is 5.82 Å². The number of nitrogens with zero attached hydrogens (tertiary/aromatic N) is 1. The molecule has 7 heteroatoms. The first-order valence-corrected chi connectivity index (χ1v) is 11.4. The minimum atomic E-state index is -3.74. The molecule has 1 atom stereocenters. The first-order chi connectivity index (χ1) is 14.5. The maximum absolute atomic E-state index is 13.1. The molecule has 30 heavy (non-hydrogen) atoms. The van der Waals surface area contributed by atoms with E-state index in [9.17, 15) is 12.8 Å². The van der Waals surface area contributed by atoms with Gasteiger partial charge in [0.25, 0.3) is 0 Å². The van der Waals surface area contributed by atoms with E-state index in [-0.39, 0.29) is 22.7 Å². The normalized spacial score (nSPS) is 16.3. The molecule has 2 heterocycles. The predicted molar refractivity (Wildman–Crippen MR) is 113 cm³/mol. The summed E-state index contributed by atoms with van der Waals surface area (Å²) in [7, 11) is -3.74. The fourth-order valence-corrected chi connectivity index (χ4v) is 5.04. The molecule has 0 radical (unpaired) electrons. The zero-order valence-electron chi connectivity index (χ0n) is 16.4. The summed E-state index contributed by atoms with van der Waals surface area (Å²) in [5, 5.41) is 0. The van der Waals surface area contributed by atoms with E-state index in [0.29, 0.717) is 13.2 Å². The zero-order chi connectivity index (χ0) is 21.0. The maximum atomic E-state index is 13.1. The third-order valence-corrected chi connectivity index (χ3v) is 6.86. The first kappa shape index (κ1) is 20.7. The van der Waals surface area contributed by atoms with Crippen LogP contribution in [0.25, 0.3) is 11.1 Å². The summed E-state index contributed by atoms with van der Waals surface area (Å²) in [4.78, 5) is 4.35. The molecule has 1 aliphatic heterocycles. The Bertz CT molecular complexity index is 1070. The van der Waals surface area contributed by atoms with Crippen molar-refractivity contribution >= 4 is 10.0 Å². The van der Waals surface area contributed by atoms with Crippen LogP contribution in [0.5, 0.6) is 0 Å². The summed E-state index contributed by atoms with van der Waals surface area (Å²) in [6.07, 6.45) is 4.95. The van der Waals surface area contributed by atoms with E-state index in [1.807, 2.05) is 12.1 Å². The summed E-state index contributed by atoms with van der Waals surface area (Å²) in [5.74, 6) is -0.173. The standard InChI is InChI=1S/C23H23FN2O3S/c24-21-7-3-17(4-8-21)18-5-9-22(10-6-18)30(27,28)26-23(19-11-14-29-15-12-19)20-2-1-13-25-16-20/h1-10,13,16,19,23,26H,11-12,14-15H2. The van der Waals surface area contributed by atoms with Gasteiger partial charge in [0.15, 0.2) is 0 Å². The topological polar surface area (TPSA) is 68.3 Å². The summed E-state index contributed by atoms with van der Waals surface area (Å²) >= 11 is 0. The van der Waals surface area contributed by atoms with Gasteiger partial charge in [-0.1, -0.05) is 30.3 Å². The molecule has 0 spiro atoms. The Morgan fingerprint density at radius 2 is 1.60 bits per heavy atom. The van der Waals surface area contributed by atoms with Crippen molar-refractivity contribution in [3.63, 3.8) is 0 Å². The van der Waals surface area contributed by atoms with Crippen LogP contribution in [0.2, 0.25) is 0 Å². The molecule has 1 aromatic heterocycles. The number of benzene rings is 2. The minimum absolute atomic E-state index is 0.135. The Hall–Kier alpha value is -2.61. The molecule has 1 N–H and O–H groups in total. The largest absolute Gasteiger partial charge is 0.381 e. The number of sulfonamides is 1. The van der Waals surface area contributed by atoms with Crippen molar-refractivity contribution in [2.75, 3.05) is 13.2 Å². The number of hydrogen-bond acceptors (Lipinski definition) is 4. The highest BCUT2D eigenvalue weighted by Crippen LogP contribution is 2.31. The molecular formula is C23H23FN2O3S. The number of rotatable bonds is 6. The number of halogens is 1. The van der Waals surface area contributed by atoms with E-state index in [0.717, 1.165) is 29.5 Å². The molecule has 0 saturated carbocycles. The Kier molecular flexibility index (Phi) is 6.22. The lowest BCUT2D eigenvalue weighted by Crippen LogP contribution is -2.36. The molecule has 5 nitrogen and oxygen atoms in total. The smallest absolute Gasteiger partial charge is 0.241 e. The lowest BCUT2D eigenvalue weighted by Gasteiger charge is -2.31. The van der Waals surface area contributed by atoms with Crippen LogP contribution < -0.4 is 4.72 Å². The quantitative estimate of drug-likeness (QED) is 0.637. The summed E-state index contributed by atoms with van der Waals surface area (Å²) in [6, 6.07) is 16.1. The molecule has 0 amide bonds. The van der Waals surface area contributed by atoms with Gasteiger partial charge in [-0.15, -0.1) is 0 Å². The van der Waals surface area contributed by atoms with Gasteiger partial charge < -0.3 is 4.74 Å². The molecule has 0 bridgehead atoms. The van der Waals surface area contributed by atoms with Gasteiger partial charge in [-0.2, -0.15) is 0 Å². The van der Waals surface area contributed by atoms with Crippen LogP contribution in [0.1, 0.15) is 24.4 Å². The average Bonchev–Trinajstić information content (AvgIpc) is 2.79. The SMILES string of the molecule is O=S(=O)(NC(c1cccnc1)C1CCOCC1)c1ccc(-c2ccc(F)cc2)cc1. The van der Waals surface area contributed by atoms with Crippen molar-refractivity contribution in [3.8, 4) is 11.1 Å². The molecule has 1 unspecified atom stereocenters. The van der Waals surface area contributed by atoms with Crippen molar-refractivity contribution in [2.24, 2.45) is 5.92 Å². The second-order valence-corrected chi connectivity index (χ2v) is 9.08.